The van der Waals surface area contributed by atoms with Gasteiger partial charge in [-0.15, -0.1) is 11.8 Å². The molecule has 4 aromatic rings. The quantitative estimate of drug-likeness (QED) is 0.153. The van der Waals surface area contributed by atoms with Gasteiger partial charge >= 0.3 is 6.09 Å². The van der Waals surface area contributed by atoms with Gasteiger partial charge in [-0.1, -0.05) is 91.9 Å². The molecule has 0 aliphatic carbocycles. The molecule has 1 aromatic heterocycles. The van der Waals surface area contributed by atoms with Gasteiger partial charge in [-0.25, -0.2) is 9.78 Å². The first-order valence-corrected chi connectivity index (χ1v) is 16.8. The third-order valence-corrected chi connectivity index (χ3v) is 9.53. The van der Waals surface area contributed by atoms with Crippen LogP contribution in [0.4, 0.5) is 4.79 Å². The van der Waals surface area contributed by atoms with Gasteiger partial charge in [-0.05, 0) is 34.4 Å². The van der Waals surface area contributed by atoms with E-state index in [1.165, 1.54) is 0 Å². The number of pyridine rings is 1. The highest BCUT2D eigenvalue weighted by molar-refractivity contribution is 7.99. The fraction of sp³-hybridized carbons (Fsp3) is 0.297. The first kappa shape index (κ1) is 33.4. The molecule has 2 aliphatic heterocycles. The molecule has 2 aliphatic rings. The van der Waals surface area contributed by atoms with Gasteiger partial charge < -0.3 is 24.6 Å². The van der Waals surface area contributed by atoms with Crippen molar-refractivity contribution in [2.45, 2.75) is 62.7 Å². The predicted molar refractivity (Wildman–Crippen MR) is 178 cm³/mol. The number of nitrogens with one attached hydrogen (secondary N) is 1. The number of thioether (sulfide) groups is 1. The van der Waals surface area contributed by atoms with Crippen molar-refractivity contribution in [2.75, 3.05) is 5.75 Å². The highest BCUT2D eigenvalue weighted by atomic mass is 32.2. The Morgan fingerprint density at radius 3 is 2.33 bits per heavy atom. The van der Waals surface area contributed by atoms with Crippen molar-refractivity contribution in [3.05, 3.63) is 131 Å². The van der Waals surface area contributed by atoms with Crippen molar-refractivity contribution in [2.24, 2.45) is 5.92 Å². The number of hydrogen-bond donors (Lipinski definition) is 2. The van der Waals surface area contributed by atoms with Gasteiger partial charge in [0, 0.05) is 23.4 Å². The fourth-order valence-corrected chi connectivity index (χ4v) is 6.77. The Morgan fingerprint density at radius 1 is 0.917 bits per heavy atom. The Labute approximate surface area is 283 Å². The van der Waals surface area contributed by atoms with E-state index in [1.54, 1.807) is 18.0 Å². The number of rotatable bonds is 11. The topological polar surface area (TPSA) is 127 Å². The smallest absolute Gasteiger partial charge is 0.408 e. The van der Waals surface area contributed by atoms with Crippen LogP contribution in [0.3, 0.4) is 0 Å². The number of imide groups is 1. The highest BCUT2D eigenvalue weighted by Gasteiger charge is 2.40. The van der Waals surface area contributed by atoms with E-state index in [-0.39, 0.29) is 50.2 Å². The van der Waals surface area contributed by atoms with Crippen molar-refractivity contribution in [1.82, 2.24) is 15.2 Å². The number of alkyl carbamates (subject to hydrolysis) is 1. The number of likely N-dealkylation sites (tertiary alicyclic amines) is 1. The van der Waals surface area contributed by atoms with Gasteiger partial charge in [-0.2, -0.15) is 0 Å². The lowest BCUT2D eigenvalue weighted by Gasteiger charge is -2.41. The summed E-state index contributed by atoms with van der Waals surface area (Å²) >= 11 is 1.63. The number of carbonyl (C=O) groups is 3. The van der Waals surface area contributed by atoms with E-state index >= 15 is 0 Å². The second-order valence-corrected chi connectivity index (χ2v) is 12.9. The van der Waals surface area contributed by atoms with Crippen LogP contribution in [0.25, 0.3) is 0 Å². The van der Waals surface area contributed by atoms with Crippen molar-refractivity contribution < 1.29 is 33.7 Å². The molecule has 3 amide bonds. The Balaban J connectivity index is 1.10. The second kappa shape index (κ2) is 15.6. The largest absolute Gasteiger partial charge is 0.445 e. The Kier molecular flexibility index (Phi) is 10.8. The molecule has 0 bridgehead atoms. The van der Waals surface area contributed by atoms with E-state index in [0.717, 1.165) is 37.7 Å². The molecule has 0 spiro atoms. The summed E-state index contributed by atoms with van der Waals surface area (Å²) < 4.78 is 18.3. The summed E-state index contributed by atoms with van der Waals surface area (Å²) in [5, 5.41) is 13.0. The summed E-state index contributed by atoms with van der Waals surface area (Å²) in [6, 6.07) is 29.3. The van der Waals surface area contributed by atoms with Gasteiger partial charge in [0.2, 0.25) is 5.91 Å². The highest BCUT2D eigenvalue weighted by Crippen LogP contribution is 2.43. The van der Waals surface area contributed by atoms with Gasteiger partial charge in [0.1, 0.15) is 12.6 Å². The Morgan fingerprint density at radius 2 is 1.62 bits per heavy atom. The maximum absolute atomic E-state index is 13.1. The zero-order valence-electron chi connectivity index (χ0n) is 26.4. The number of hydrogen-bond acceptors (Lipinski definition) is 9. The number of carbonyl (C=O) groups excluding carboxylic acids is 3. The molecule has 3 heterocycles. The monoisotopic (exact) mass is 667 g/mol. The van der Waals surface area contributed by atoms with E-state index in [4.69, 9.17) is 14.2 Å². The number of aliphatic hydroxyl groups excluding tert-OH is 1. The Bertz CT molecular complexity index is 1690. The molecule has 3 aromatic carbocycles. The molecule has 6 rings (SSSR count). The van der Waals surface area contributed by atoms with Crippen LogP contribution in [0.2, 0.25) is 0 Å². The first-order chi connectivity index (χ1) is 23.4. The van der Waals surface area contributed by atoms with Crippen molar-refractivity contribution >= 4 is 29.7 Å². The van der Waals surface area contributed by atoms with Crippen LogP contribution in [0.15, 0.2) is 108 Å². The number of aromatic nitrogens is 1. The average molecular weight is 668 g/mol. The molecule has 0 saturated carbocycles. The summed E-state index contributed by atoms with van der Waals surface area (Å²) in [6.45, 7) is 2.21. The maximum atomic E-state index is 13.1. The van der Waals surface area contributed by atoms with E-state index in [2.05, 4.69) is 17.2 Å². The summed E-state index contributed by atoms with van der Waals surface area (Å²) in [6.07, 6.45) is -0.170. The predicted octanol–water partition coefficient (Wildman–Crippen LogP) is 5.71. The third kappa shape index (κ3) is 8.11. The van der Waals surface area contributed by atoms with Crippen LogP contribution in [0, 0.1) is 5.92 Å². The van der Waals surface area contributed by atoms with E-state index < -0.39 is 24.3 Å². The molecule has 2 N–H and O–H groups in total. The summed E-state index contributed by atoms with van der Waals surface area (Å²) in [5.41, 5.74) is 4.19. The standard InChI is InChI=1S/C37H37N3O7S/c1-24-31(23-48-32-9-5-6-18-38-32)46-36(47-34(24)28-14-12-26(21-41)13-15-28)29-16-10-25(11-17-29)20-40-33(42)19-30(35(40)43)39-37(44)45-22-27-7-3-2-4-8-27/h2-18,24,30-31,34,36,41H,19-23H2,1H3,(H,39,44)/t24-,30?,31+,34+,36+/m1/s1. The molecule has 48 heavy (non-hydrogen) atoms. The number of ether oxygens (including phenoxy) is 3. The van der Waals surface area contributed by atoms with Crippen molar-refractivity contribution in [3.8, 4) is 0 Å². The van der Waals surface area contributed by atoms with Gasteiger partial charge in [0.05, 0.1) is 36.8 Å². The lowest BCUT2D eigenvalue weighted by molar-refractivity contribution is -0.268. The minimum atomic E-state index is -0.977. The fourth-order valence-electron chi connectivity index (χ4n) is 5.74. The normalized spacial score (nSPS) is 22.5. The van der Waals surface area contributed by atoms with Crippen LogP contribution in [-0.2, 0) is 43.6 Å². The lowest BCUT2D eigenvalue weighted by atomic mass is 9.91. The summed E-state index contributed by atoms with van der Waals surface area (Å²) in [7, 11) is 0. The van der Waals surface area contributed by atoms with E-state index in [0.29, 0.717) is 5.75 Å². The molecule has 11 heteroatoms. The average Bonchev–Trinajstić information content (AvgIpc) is 3.38. The molecule has 1 unspecified atom stereocenters. The molecular formula is C37H37N3O7S. The molecular weight excluding hydrogens is 630 g/mol. The van der Waals surface area contributed by atoms with Crippen LogP contribution in [0.5, 0.6) is 0 Å². The number of amides is 3. The molecule has 2 saturated heterocycles. The molecule has 5 atom stereocenters. The SMILES string of the molecule is C[C@@H]1[C@H](CSc2ccccn2)O[C@H](c2ccc(CN3C(=O)CC(NC(=O)OCc4ccccc4)C3=O)cc2)O[C@@H]1c1ccc(CO)cc1. The Hall–Kier alpha value is -4.55. The minimum absolute atomic E-state index is 0.0288. The third-order valence-electron chi connectivity index (χ3n) is 8.50. The minimum Gasteiger partial charge on any atom is -0.445 e. The van der Waals surface area contributed by atoms with Gasteiger partial charge in [0.25, 0.3) is 5.91 Å². The first-order valence-electron chi connectivity index (χ1n) is 15.8. The lowest BCUT2D eigenvalue weighted by Crippen LogP contribution is -2.41. The number of aliphatic hydroxyl groups is 1. The van der Waals surface area contributed by atoms with Crippen molar-refractivity contribution in [1.29, 1.82) is 0 Å². The zero-order chi connectivity index (χ0) is 33.5. The van der Waals surface area contributed by atoms with Crippen LogP contribution >= 0.6 is 11.8 Å². The number of benzene rings is 3. The van der Waals surface area contributed by atoms with E-state index in [9.17, 15) is 19.5 Å². The number of nitrogens with zero attached hydrogens (tertiary/aromatic N) is 2. The summed E-state index contributed by atoms with van der Waals surface area (Å²) in [4.78, 5) is 43.7. The van der Waals surface area contributed by atoms with Crippen LogP contribution in [0.1, 0.15) is 53.6 Å². The van der Waals surface area contributed by atoms with Crippen LogP contribution in [-0.4, -0.2) is 50.8 Å². The van der Waals surface area contributed by atoms with Crippen LogP contribution < -0.4 is 5.32 Å². The zero-order valence-corrected chi connectivity index (χ0v) is 27.3. The van der Waals surface area contributed by atoms with Gasteiger partial charge in [-0.3, -0.25) is 14.5 Å². The molecule has 248 valence electrons. The second-order valence-electron chi connectivity index (χ2n) is 11.8. The summed E-state index contributed by atoms with van der Waals surface area (Å²) in [5.74, 6) is -0.137. The molecule has 0 radical (unpaired) electrons. The maximum Gasteiger partial charge on any atom is 0.408 e. The van der Waals surface area contributed by atoms with E-state index in [1.807, 2.05) is 97.1 Å². The molecule has 2 fully saturated rings. The molecule has 10 nitrogen and oxygen atoms in total. The van der Waals surface area contributed by atoms with Gasteiger partial charge in [0.15, 0.2) is 6.29 Å². The van der Waals surface area contributed by atoms with Crippen molar-refractivity contribution in [3.63, 3.8) is 0 Å².